The van der Waals surface area contributed by atoms with Crippen LogP contribution in [0.25, 0.3) is 0 Å². The Balaban J connectivity index is 2.45. The second-order valence-corrected chi connectivity index (χ2v) is 7.40. The van der Waals surface area contributed by atoms with Crippen molar-refractivity contribution in [2.75, 3.05) is 0 Å². The molecule has 0 fully saturated rings. The maximum absolute atomic E-state index is 4.66. The first kappa shape index (κ1) is 14.9. The number of fused-ring (bicyclic) bond motifs is 1. The van der Waals surface area contributed by atoms with Gasteiger partial charge in [-0.3, -0.25) is 0 Å². The van der Waals surface area contributed by atoms with Gasteiger partial charge in [-0.15, -0.1) is 0 Å². The summed E-state index contributed by atoms with van der Waals surface area (Å²) < 4.78 is 8.14. The fourth-order valence-electron chi connectivity index (χ4n) is 2.59. The fraction of sp³-hybridized carbons (Fsp3) is 0.688. The van der Waals surface area contributed by atoms with E-state index >= 15 is 0 Å². The number of rotatable bonds is 4. The van der Waals surface area contributed by atoms with Crippen LogP contribution in [0, 0.1) is 10.8 Å². The second kappa shape index (κ2) is 5.10. The van der Waals surface area contributed by atoms with Crippen LogP contribution in [0.2, 0.25) is 0 Å². The highest BCUT2D eigenvalue weighted by Crippen LogP contribution is 2.43. The quantitative estimate of drug-likeness (QED) is 0.754. The number of hydrogen-bond donors (Lipinski definition) is 1. The highest BCUT2D eigenvalue weighted by molar-refractivity contribution is 7.96. The highest BCUT2D eigenvalue weighted by Gasteiger charge is 2.40. The van der Waals surface area contributed by atoms with Crippen molar-refractivity contribution in [2.45, 2.75) is 60.4 Å². The Morgan fingerprint density at radius 3 is 2.32 bits per heavy atom. The summed E-state index contributed by atoms with van der Waals surface area (Å²) in [5.74, 6) is 0. The molecular weight excluding hydrogens is 252 g/mol. The van der Waals surface area contributed by atoms with Gasteiger partial charge in [0.15, 0.2) is 0 Å². The molecule has 0 aromatic carbocycles. The maximum atomic E-state index is 4.66. The molecule has 1 aliphatic heterocycles. The predicted octanol–water partition coefficient (Wildman–Crippen LogP) is 4.70. The van der Waals surface area contributed by atoms with Crippen LogP contribution in [0.1, 0.15) is 54.4 Å². The number of nitrogens with zero attached hydrogens (tertiary/aromatic N) is 1. The first-order chi connectivity index (χ1) is 8.83. The third kappa shape index (κ3) is 2.55. The zero-order valence-electron chi connectivity index (χ0n) is 13.0. The average Bonchev–Trinajstić information content (AvgIpc) is 2.86. The van der Waals surface area contributed by atoms with E-state index in [1.165, 1.54) is 29.0 Å². The van der Waals surface area contributed by atoms with E-state index < -0.39 is 0 Å². The number of allylic oxidation sites excluding steroid dienone is 2. The fourth-order valence-corrected chi connectivity index (χ4v) is 3.29. The molecule has 106 valence electrons. The van der Waals surface area contributed by atoms with E-state index in [1.54, 1.807) is 0 Å². The molecule has 2 nitrogen and oxygen atoms in total. The van der Waals surface area contributed by atoms with Crippen molar-refractivity contribution in [2.24, 2.45) is 15.2 Å². The molecule has 0 aromatic rings. The Morgan fingerprint density at radius 1 is 1.11 bits per heavy atom. The van der Waals surface area contributed by atoms with Crippen LogP contribution in [0.4, 0.5) is 0 Å². The smallest absolute Gasteiger partial charge is 0.0838 e. The summed E-state index contributed by atoms with van der Waals surface area (Å²) in [6.07, 6.45) is 6.92. The van der Waals surface area contributed by atoms with Gasteiger partial charge < -0.3 is 0 Å². The molecule has 2 aliphatic rings. The van der Waals surface area contributed by atoms with Gasteiger partial charge in [-0.2, -0.15) is 0 Å². The van der Waals surface area contributed by atoms with Crippen molar-refractivity contribution in [3.05, 3.63) is 23.3 Å². The maximum Gasteiger partial charge on any atom is 0.0838 e. The lowest BCUT2D eigenvalue weighted by Gasteiger charge is -2.37. The molecule has 1 unspecified atom stereocenters. The van der Waals surface area contributed by atoms with Crippen molar-refractivity contribution < 1.29 is 0 Å². The molecule has 0 radical (unpaired) electrons. The van der Waals surface area contributed by atoms with Crippen molar-refractivity contribution >= 4 is 17.8 Å². The minimum atomic E-state index is 0.196. The molecule has 3 heteroatoms. The Morgan fingerprint density at radius 2 is 1.74 bits per heavy atom. The van der Waals surface area contributed by atoms with Crippen molar-refractivity contribution in [1.82, 2.24) is 4.72 Å². The van der Waals surface area contributed by atoms with E-state index in [2.05, 4.69) is 62.8 Å². The van der Waals surface area contributed by atoms with E-state index in [0.717, 1.165) is 12.8 Å². The molecule has 1 aliphatic carbocycles. The summed E-state index contributed by atoms with van der Waals surface area (Å²) in [7, 11) is 0. The number of nitrogens with one attached hydrogen (secondary N) is 1. The van der Waals surface area contributed by atoms with Crippen molar-refractivity contribution in [1.29, 1.82) is 0 Å². The van der Waals surface area contributed by atoms with Gasteiger partial charge in [0.1, 0.15) is 0 Å². The second-order valence-electron chi connectivity index (χ2n) is 6.80. The van der Waals surface area contributed by atoms with Gasteiger partial charge in [0, 0.05) is 0 Å². The van der Waals surface area contributed by atoms with Gasteiger partial charge in [-0.05, 0) is 34.8 Å². The van der Waals surface area contributed by atoms with E-state index in [0.29, 0.717) is 6.04 Å². The third-order valence-electron chi connectivity index (χ3n) is 4.88. The van der Waals surface area contributed by atoms with E-state index in [-0.39, 0.29) is 10.8 Å². The van der Waals surface area contributed by atoms with Crippen LogP contribution in [-0.2, 0) is 0 Å². The summed E-state index contributed by atoms with van der Waals surface area (Å²) in [4.78, 5) is 0. The largest absolute Gasteiger partial charge is 0.231 e. The molecule has 1 heterocycles. The molecular formula is C16H26N2S. The van der Waals surface area contributed by atoms with Crippen molar-refractivity contribution in [3.8, 4) is 0 Å². The SMILES string of the molecule is CCC(C)(C)C1=CC=C(C(C)(C)CC)C2NSN=C12. The standard InChI is InChI=1S/C16H26N2S/c1-7-15(3,4)11-9-10-12(16(5,6)8-2)14-13(11)17-19-18-14/h9-10,13,17H,7-8H2,1-6H3. The summed E-state index contributed by atoms with van der Waals surface area (Å²) in [6.45, 7) is 13.8. The van der Waals surface area contributed by atoms with Gasteiger partial charge in [0.05, 0.1) is 23.9 Å². The molecule has 1 N–H and O–H groups in total. The lowest BCUT2D eigenvalue weighted by Crippen LogP contribution is -2.41. The predicted molar refractivity (Wildman–Crippen MR) is 86.3 cm³/mol. The van der Waals surface area contributed by atoms with Crippen LogP contribution in [0.15, 0.2) is 27.7 Å². The monoisotopic (exact) mass is 278 g/mol. The van der Waals surface area contributed by atoms with Crippen LogP contribution >= 0.6 is 12.1 Å². The first-order valence-electron chi connectivity index (χ1n) is 7.26. The van der Waals surface area contributed by atoms with Crippen LogP contribution < -0.4 is 4.72 Å². The first-order valence-corrected chi connectivity index (χ1v) is 8.03. The normalized spacial score (nSPS) is 23.7. The molecule has 19 heavy (non-hydrogen) atoms. The minimum Gasteiger partial charge on any atom is -0.231 e. The number of hydrogen-bond acceptors (Lipinski definition) is 3. The minimum absolute atomic E-state index is 0.196. The lowest BCUT2D eigenvalue weighted by molar-refractivity contribution is 0.405. The summed E-state index contributed by atoms with van der Waals surface area (Å²) in [6, 6.07) is 0.297. The molecule has 0 saturated carbocycles. The van der Waals surface area contributed by atoms with Gasteiger partial charge >= 0.3 is 0 Å². The summed E-state index contributed by atoms with van der Waals surface area (Å²) in [5, 5.41) is 0. The molecule has 0 saturated heterocycles. The van der Waals surface area contributed by atoms with Crippen LogP contribution in [0.5, 0.6) is 0 Å². The summed E-state index contributed by atoms with van der Waals surface area (Å²) in [5.41, 5.74) is 4.53. The molecule has 0 amide bonds. The van der Waals surface area contributed by atoms with Gasteiger partial charge in [-0.25, -0.2) is 9.12 Å². The van der Waals surface area contributed by atoms with Crippen molar-refractivity contribution in [3.63, 3.8) is 0 Å². The Kier molecular flexibility index (Phi) is 3.99. The molecule has 2 rings (SSSR count). The van der Waals surface area contributed by atoms with Gasteiger partial charge in [-0.1, -0.05) is 53.7 Å². The third-order valence-corrected chi connectivity index (χ3v) is 5.51. The lowest BCUT2D eigenvalue weighted by atomic mass is 9.69. The Labute approximate surface area is 122 Å². The van der Waals surface area contributed by atoms with Gasteiger partial charge in [0.2, 0.25) is 0 Å². The van der Waals surface area contributed by atoms with Crippen LogP contribution in [0.3, 0.4) is 0 Å². The zero-order valence-corrected chi connectivity index (χ0v) is 13.8. The Bertz CT molecular complexity index is 455. The van der Waals surface area contributed by atoms with Crippen LogP contribution in [-0.4, -0.2) is 11.8 Å². The molecule has 1 atom stereocenters. The molecule has 0 spiro atoms. The molecule has 0 bridgehead atoms. The zero-order chi connectivity index (χ0) is 14.3. The topological polar surface area (TPSA) is 24.4 Å². The Hall–Kier alpha value is -0.540. The average molecular weight is 278 g/mol. The summed E-state index contributed by atoms with van der Waals surface area (Å²) >= 11 is 1.50. The highest BCUT2D eigenvalue weighted by atomic mass is 32.2. The molecule has 0 aromatic heterocycles. The van der Waals surface area contributed by atoms with E-state index in [4.69, 9.17) is 0 Å². The van der Waals surface area contributed by atoms with E-state index in [1.807, 2.05) is 0 Å². The van der Waals surface area contributed by atoms with E-state index in [9.17, 15) is 0 Å². The van der Waals surface area contributed by atoms with Gasteiger partial charge in [0.25, 0.3) is 0 Å².